The molecule has 0 amide bonds. The number of carbonyl (C=O) groups excluding carboxylic acids is 1. The zero-order valence-corrected chi connectivity index (χ0v) is 15.9. The molecule has 2 heterocycles. The van der Waals surface area contributed by atoms with Crippen LogP contribution in [-0.2, 0) is 17.8 Å². The van der Waals surface area contributed by atoms with Gasteiger partial charge in [-0.3, -0.25) is 4.68 Å². The molecular weight excluding hydrogens is 326 g/mol. The normalized spacial score (nSPS) is 11.2. The molecule has 0 saturated carbocycles. The molecular formula is C21H27N3O2. The molecule has 0 fully saturated rings. The Bertz CT molecular complexity index is 892. The van der Waals surface area contributed by atoms with Crippen molar-refractivity contribution in [2.24, 2.45) is 0 Å². The van der Waals surface area contributed by atoms with Crippen molar-refractivity contribution in [3.8, 4) is 11.3 Å². The van der Waals surface area contributed by atoms with E-state index in [1.807, 2.05) is 12.1 Å². The molecule has 0 spiro atoms. The Balaban J connectivity index is 2.08. The molecule has 138 valence electrons. The number of esters is 1. The molecule has 0 atom stereocenters. The Morgan fingerprint density at radius 2 is 1.85 bits per heavy atom. The van der Waals surface area contributed by atoms with Gasteiger partial charge in [0, 0.05) is 35.8 Å². The van der Waals surface area contributed by atoms with E-state index >= 15 is 0 Å². The van der Waals surface area contributed by atoms with E-state index in [4.69, 9.17) is 9.84 Å². The van der Waals surface area contributed by atoms with Crippen molar-refractivity contribution in [2.75, 3.05) is 7.11 Å². The van der Waals surface area contributed by atoms with E-state index in [1.54, 1.807) is 4.68 Å². The first-order chi connectivity index (χ1) is 12.7. The Hall–Kier alpha value is -2.56. The molecule has 0 aliphatic rings. The summed E-state index contributed by atoms with van der Waals surface area (Å²) in [4.78, 5) is 12.2. The van der Waals surface area contributed by atoms with E-state index in [2.05, 4.69) is 42.8 Å². The minimum atomic E-state index is -0.338. The highest BCUT2D eigenvalue weighted by Crippen LogP contribution is 2.31. The van der Waals surface area contributed by atoms with Crippen LogP contribution in [0.1, 0.15) is 50.0 Å². The lowest BCUT2D eigenvalue weighted by molar-refractivity contribution is 0.0586. The number of benzene rings is 1. The molecule has 0 bridgehead atoms. The fourth-order valence-electron chi connectivity index (χ4n) is 3.26. The van der Waals surface area contributed by atoms with Crippen LogP contribution in [-0.4, -0.2) is 27.4 Å². The first kappa shape index (κ1) is 18.2. The summed E-state index contributed by atoms with van der Waals surface area (Å²) < 4.78 is 9.02. The number of unbranched alkanes of at least 4 members (excludes halogenated alkanes) is 2. The van der Waals surface area contributed by atoms with Crippen molar-refractivity contribution < 1.29 is 9.53 Å². The van der Waals surface area contributed by atoms with Gasteiger partial charge in [0.05, 0.1) is 12.8 Å². The Morgan fingerprint density at radius 3 is 2.58 bits per heavy atom. The zero-order chi connectivity index (χ0) is 18.5. The third-order valence-electron chi connectivity index (χ3n) is 4.72. The van der Waals surface area contributed by atoms with Crippen molar-refractivity contribution >= 4 is 16.9 Å². The minimum Gasteiger partial charge on any atom is -0.464 e. The first-order valence-corrected chi connectivity index (χ1v) is 9.44. The molecule has 1 aromatic carbocycles. The maximum absolute atomic E-state index is 12.2. The molecule has 3 rings (SSSR count). The van der Waals surface area contributed by atoms with Gasteiger partial charge in [-0.05, 0) is 25.0 Å². The highest BCUT2D eigenvalue weighted by atomic mass is 16.5. The van der Waals surface area contributed by atoms with Gasteiger partial charge in [-0.25, -0.2) is 4.79 Å². The molecule has 3 aromatic rings. The number of nitrogens with zero attached hydrogens (tertiary/aromatic N) is 3. The lowest BCUT2D eigenvalue weighted by Gasteiger charge is -2.04. The lowest BCUT2D eigenvalue weighted by atomic mass is 10.1. The summed E-state index contributed by atoms with van der Waals surface area (Å²) in [5, 5.41) is 5.90. The van der Waals surface area contributed by atoms with Crippen LogP contribution in [0.3, 0.4) is 0 Å². The van der Waals surface area contributed by atoms with Crippen LogP contribution in [0, 0.1) is 0 Å². The van der Waals surface area contributed by atoms with Crippen LogP contribution in [0.4, 0.5) is 0 Å². The van der Waals surface area contributed by atoms with Crippen molar-refractivity contribution in [1.29, 1.82) is 0 Å². The van der Waals surface area contributed by atoms with Gasteiger partial charge < -0.3 is 9.30 Å². The summed E-state index contributed by atoms with van der Waals surface area (Å²) in [6.07, 6.45) is 6.47. The van der Waals surface area contributed by atoms with Crippen LogP contribution >= 0.6 is 0 Å². The van der Waals surface area contributed by atoms with Crippen LogP contribution < -0.4 is 0 Å². The van der Waals surface area contributed by atoms with E-state index in [-0.39, 0.29) is 5.97 Å². The Labute approximate surface area is 154 Å². The van der Waals surface area contributed by atoms with Crippen molar-refractivity contribution in [1.82, 2.24) is 14.3 Å². The quantitative estimate of drug-likeness (QED) is 0.542. The fraction of sp³-hybridized carbons (Fsp3) is 0.429. The topological polar surface area (TPSA) is 49.0 Å². The molecule has 26 heavy (non-hydrogen) atoms. The summed E-state index contributed by atoms with van der Waals surface area (Å²) in [6.45, 7) is 6.03. The van der Waals surface area contributed by atoms with Gasteiger partial charge >= 0.3 is 5.97 Å². The molecule has 0 unspecified atom stereocenters. The molecule has 2 aromatic heterocycles. The van der Waals surface area contributed by atoms with Crippen LogP contribution in [0.15, 0.2) is 36.5 Å². The van der Waals surface area contributed by atoms with Gasteiger partial charge in [0.25, 0.3) is 0 Å². The second-order valence-corrected chi connectivity index (χ2v) is 6.59. The van der Waals surface area contributed by atoms with Crippen molar-refractivity contribution in [2.45, 2.75) is 52.6 Å². The third-order valence-corrected chi connectivity index (χ3v) is 4.72. The van der Waals surface area contributed by atoms with Crippen LogP contribution in [0.25, 0.3) is 22.2 Å². The standard InChI is InChI=1S/C21H27N3O2/c1-4-6-12-23-15-17(16-10-8-9-11-19(16)23)18-14-20(21(25)26-3)24(22-18)13-7-5-2/h8-11,14-15H,4-7,12-13H2,1-3H3. The Morgan fingerprint density at radius 1 is 1.12 bits per heavy atom. The van der Waals surface area contributed by atoms with E-state index in [9.17, 15) is 4.79 Å². The Kier molecular flexibility index (Phi) is 5.76. The van der Waals surface area contributed by atoms with Gasteiger partial charge in [0.15, 0.2) is 0 Å². The second kappa shape index (κ2) is 8.21. The smallest absolute Gasteiger partial charge is 0.356 e. The molecule has 5 heteroatoms. The largest absolute Gasteiger partial charge is 0.464 e. The number of hydrogen-bond donors (Lipinski definition) is 0. The maximum atomic E-state index is 12.2. The van der Waals surface area contributed by atoms with Crippen LogP contribution in [0.5, 0.6) is 0 Å². The number of fused-ring (bicyclic) bond motifs is 1. The van der Waals surface area contributed by atoms with E-state index in [0.717, 1.165) is 50.0 Å². The summed E-state index contributed by atoms with van der Waals surface area (Å²) in [5.41, 5.74) is 3.62. The number of rotatable bonds is 8. The number of aromatic nitrogens is 3. The number of para-hydroxylation sites is 1. The highest BCUT2D eigenvalue weighted by Gasteiger charge is 2.19. The van der Waals surface area contributed by atoms with Gasteiger partial charge in [0.1, 0.15) is 5.69 Å². The number of hydrogen-bond acceptors (Lipinski definition) is 3. The maximum Gasteiger partial charge on any atom is 0.356 e. The molecule has 0 N–H and O–H groups in total. The number of methoxy groups -OCH3 is 1. The van der Waals surface area contributed by atoms with Gasteiger partial charge in [-0.15, -0.1) is 0 Å². The highest BCUT2D eigenvalue weighted by molar-refractivity contribution is 5.97. The van der Waals surface area contributed by atoms with Crippen LogP contribution in [0.2, 0.25) is 0 Å². The van der Waals surface area contributed by atoms with E-state index in [1.165, 1.54) is 18.0 Å². The van der Waals surface area contributed by atoms with Gasteiger partial charge in [-0.2, -0.15) is 5.10 Å². The van der Waals surface area contributed by atoms with Gasteiger partial charge in [-0.1, -0.05) is 44.9 Å². The predicted octanol–water partition coefficient (Wildman–Crippen LogP) is 4.89. The first-order valence-electron chi connectivity index (χ1n) is 9.44. The number of carbonyl (C=O) groups is 1. The summed E-state index contributed by atoms with van der Waals surface area (Å²) >= 11 is 0. The molecule has 0 aliphatic carbocycles. The monoisotopic (exact) mass is 353 g/mol. The van der Waals surface area contributed by atoms with Gasteiger partial charge in [0.2, 0.25) is 0 Å². The average molecular weight is 353 g/mol. The number of ether oxygens (including phenoxy) is 1. The molecule has 0 radical (unpaired) electrons. The SMILES string of the molecule is CCCCn1nc(-c2cn(CCCC)c3ccccc23)cc1C(=O)OC. The van der Waals surface area contributed by atoms with E-state index in [0.29, 0.717) is 5.69 Å². The molecule has 5 nitrogen and oxygen atoms in total. The second-order valence-electron chi connectivity index (χ2n) is 6.59. The summed E-state index contributed by atoms with van der Waals surface area (Å²) in [5.74, 6) is -0.338. The summed E-state index contributed by atoms with van der Waals surface area (Å²) in [7, 11) is 1.41. The van der Waals surface area contributed by atoms with Crippen molar-refractivity contribution in [3.05, 3.63) is 42.2 Å². The summed E-state index contributed by atoms with van der Waals surface area (Å²) in [6, 6.07) is 10.2. The number of aryl methyl sites for hydroxylation is 2. The molecule has 0 saturated heterocycles. The fourth-order valence-corrected chi connectivity index (χ4v) is 3.26. The van der Waals surface area contributed by atoms with E-state index < -0.39 is 0 Å². The minimum absolute atomic E-state index is 0.338. The van der Waals surface area contributed by atoms with Crippen molar-refractivity contribution in [3.63, 3.8) is 0 Å². The molecule has 0 aliphatic heterocycles. The predicted molar refractivity (Wildman–Crippen MR) is 104 cm³/mol. The third kappa shape index (κ3) is 3.52. The zero-order valence-electron chi connectivity index (χ0n) is 15.9. The average Bonchev–Trinajstić information content (AvgIpc) is 3.25. The lowest BCUT2D eigenvalue weighted by Crippen LogP contribution is -2.11.